The summed E-state index contributed by atoms with van der Waals surface area (Å²) in [6.45, 7) is 2.15. The molecule has 156 valence electrons. The molecule has 2 N–H and O–H groups in total. The topological polar surface area (TPSA) is 76.0 Å². The lowest BCUT2D eigenvalue weighted by atomic mass is 9.81. The van der Waals surface area contributed by atoms with Crippen LogP contribution in [-0.4, -0.2) is 30.4 Å². The monoisotopic (exact) mass is 406 g/mol. The first kappa shape index (κ1) is 21.2. The van der Waals surface area contributed by atoms with Gasteiger partial charge in [-0.05, 0) is 65.4 Å². The van der Waals surface area contributed by atoms with Crippen LogP contribution in [0.15, 0.2) is 66.7 Å². The smallest absolute Gasteiger partial charge is 0.339 e. The average molecular weight is 406 g/mol. The summed E-state index contributed by atoms with van der Waals surface area (Å²) < 4.78 is 10.5. The van der Waals surface area contributed by atoms with E-state index in [0.717, 1.165) is 29.0 Å². The zero-order valence-electron chi connectivity index (χ0n) is 17.3. The molecule has 0 fully saturated rings. The number of carboxylic acid groups (broad SMARTS) is 1. The molecule has 0 aliphatic heterocycles. The van der Waals surface area contributed by atoms with Crippen LogP contribution in [0.3, 0.4) is 0 Å². The SMILES string of the molecule is COc1ccc(C(C)CC(c2ccc(OC)cc2)c2ccc(O)c(C(=O)O)c2)cc1. The van der Waals surface area contributed by atoms with E-state index in [1.165, 1.54) is 11.6 Å². The van der Waals surface area contributed by atoms with Crippen molar-refractivity contribution < 1.29 is 24.5 Å². The van der Waals surface area contributed by atoms with Crippen LogP contribution in [0.1, 0.15) is 52.2 Å². The van der Waals surface area contributed by atoms with Gasteiger partial charge in [-0.2, -0.15) is 0 Å². The number of hydrogen-bond acceptors (Lipinski definition) is 4. The Bertz CT molecular complexity index is 993. The van der Waals surface area contributed by atoms with Crippen LogP contribution in [0.4, 0.5) is 0 Å². The molecule has 0 aliphatic carbocycles. The summed E-state index contributed by atoms with van der Waals surface area (Å²) in [6, 6.07) is 20.6. The maximum atomic E-state index is 11.5. The van der Waals surface area contributed by atoms with Crippen molar-refractivity contribution in [3.05, 3.63) is 89.0 Å². The molecule has 0 radical (unpaired) electrons. The third kappa shape index (κ3) is 4.74. The maximum absolute atomic E-state index is 11.5. The van der Waals surface area contributed by atoms with Crippen molar-refractivity contribution in [1.29, 1.82) is 0 Å². The van der Waals surface area contributed by atoms with Crippen LogP contribution < -0.4 is 9.47 Å². The number of aromatic hydroxyl groups is 1. The first-order valence-corrected chi connectivity index (χ1v) is 9.77. The second-order valence-corrected chi connectivity index (χ2v) is 7.32. The van der Waals surface area contributed by atoms with E-state index in [0.29, 0.717) is 0 Å². The number of rotatable bonds is 8. The molecule has 0 heterocycles. The van der Waals surface area contributed by atoms with E-state index in [1.54, 1.807) is 26.4 Å². The molecule has 0 aromatic heterocycles. The van der Waals surface area contributed by atoms with Gasteiger partial charge in [-0.15, -0.1) is 0 Å². The summed E-state index contributed by atoms with van der Waals surface area (Å²) in [7, 11) is 3.26. The molecule has 2 unspecified atom stereocenters. The first-order chi connectivity index (χ1) is 14.4. The van der Waals surface area contributed by atoms with Crippen molar-refractivity contribution in [1.82, 2.24) is 0 Å². The third-order valence-corrected chi connectivity index (χ3v) is 5.45. The van der Waals surface area contributed by atoms with E-state index in [4.69, 9.17) is 9.47 Å². The Morgan fingerprint density at radius 1 is 0.833 bits per heavy atom. The van der Waals surface area contributed by atoms with Crippen LogP contribution in [-0.2, 0) is 0 Å². The minimum absolute atomic E-state index is 0.0493. The van der Waals surface area contributed by atoms with Gasteiger partial charge in [0.25, 0.3) is 0 Å². The second-order valence-electron chi connectivity index (χ2n) is 7.32. The van der Waals surface area contributed by atoms with E-state index in [-0.39, 0.29) is 23.1 Å². The molecule has 30 heavy (non-hydrogen) atoms. The van der Waals surface area contributed by atoms with Crippen LogP contribution in [0.25, 0.3) is 0 Å². The summed E-state index contributed by atoms with van der Waals surface area (Å²) in [5.74, 6) is 0.352. The maximum Gasteiger partial charge on any atom is 0.339 e. The molecule has 0 bridgehead atoms. The number of carbonyl (C=O) groups is 1. The van der Waals surface area contributed by atoms with Crippen LogP contribution in [0, 0.1) is 0 Å². The van der Waals surface area contributed by atoms with Crippen LogP contribution >= 0.6 is 0 Å². The zero-order valence-corrected chi connectivity index (χ0v) is 17.3. The average Bonchev–Trinajstić information content (AvgIpc) is 2.77. The highest BCUT2D eigenvalue weighted by Crippen LogP contribution is 2.37. The predicted octanol–water partition coefficient (Wildman–Crippen LogP) is 5.43. The van der Waals surface area contributed by atoms with E-state index < -0.39 is 5.97 Å². The number of ether oxygens (including phenoxy) is 2. The molecule has 5 heteroatoms. The molecule has 0 aliphatic rings. The Morgan fingerprint density at radius 2 is 1.33 bits per heavy atom. The molecule has 5 nitrogen and oxygen atoms in total. The number of phenols is 1. The van der Waals surface area contributed by atoms with Gasteiger partial charge < -0.3 is 19.7 Å². The second kappa shape index (κ2) is 9.35. The summed E-state index contributed by atoms with van der Waals surface area (Å²) in [5.41, 5.74) is 2.98. The van der Waals surface area contributed by atoms with Gasteiger partial charge >= 0.3 is 5.97 Å². The van der Waals surface area contributed by atoms with Gasteiger partial charge in [0.05, 0.1) is 14.2 Å². The molecule has 0 amide bonds. The van der Waals surface area contributed by atoms with E-state index in [2.05, 4.69) is 6.92 Å². The number of benzene rings is 3. The first-order valence-electron chi connectivity index (χ1n) is 9.77. The molecule has 0 spiro atoms. The minimum atomic E-state index is -1.15. The van der Waals surface area contributed by atoms with E-state index in [9.17, 15) is 15.0 Å². The molecular weight excluding hydrogens is 380 g/mol. The molecule has 3 aromatic carbocycles. The highest BCUT2D eigenvalue weighted by molar-refractivity contribution is 5.91. The summed E-state index contributed by atoms with van der Waals surface area (Å²) >= 11 is 0. The van der Waals surface area contributed by atoms with Gasteiger partial charge in [-0.25, -0.2) is 4.79 Å². The molecule has 2 atom stereocenters. The molecule has 0 saturated heterocycles. The van der Waals surface area contributed by atoms with Crippen molar-refractivity contribution in [2.75, 3.05) is 14.2 Å². The number of methoxy groups -OCH3 is 2. The van der Waals surface area contributed by atoms with Crippen LogP contribution in [0.5, 0.6) is 17.2 Å². The molecule has 3 aromatic rings. The summed E-state index contributed by atoms with van der Waals surface area (Å²) in [5, 5.41) is 19.4. The third-order valence-electron chi connectivity index (χ3n) is 5.45. The standard InChI is InChI=1S/C25H26O5/c1-16(17-4-9-20(29-2)10-5-17)14-22(18-6-11-21(30-3)12-7-18)19-8-13-24(26)23(15-19)25(27)28/h4-13,15-16,22,26H,14H2,1-3H3,(H,27,28). The predicted molar refractivity (Wildman–Crippen MR) is 116 cm³/mol. The number of carboxylic acids is 1. The highest BCUT2D eigenvalue weighted by atomic mass is 16.5. The molecule has 3 rings (SSSR count). The zero-order chi connectivity index (χ0) is 21.7. The lowest BCUT2D eigenvalue weighted by molar-refractivity contribution is 0.0693. The van der Waals surface area contributed by atoms with Crippen molar-refractivity contribution in [2.24, 2.45) is 0 Å². The van der Waals surface area contributed by atoms with Gasteiger partial charge in [0, 0.05) is 5.92 Å². The van der Waals surface area contributed by atoms with Crippen molar-refractivity contribution in [3.8, 4) is 17.2 Å². The largest absolute Gasteiger partial charge is 0.507 e. The Hall–Kier alpha value is -3.47. The quantitative estimate of drug-likeness (QED) is 0.521. The highest BCUT2D eigenvalue weighted by Gasteiger charge is 2.21. The van der Waals surface area contributed by atoms with Gasteiger partial charge in [0.15, 0.2) is 0 Å². The Morgan fingerprint density at radius 3 is 1.83 bits per heavy atom. The van der Waals surface area contributed by atoms with Gasteiger partial charge in [-0.1, -0.05) is 37.3 Å². The molecule has 0 saturated carbocycles. The number of hydrogen-bond donors (Lipinski definition) is 2. The van der Waals surface area contributed by atoms with Crippen molar-refractivity contribution in [3.63, 3.8) is 0 Å². The minimum Gasteiger partial charge on any atom is -0.507 e. The number of aromatic carboxylic acids is 1. The Balaban J connectivity index is 1.98. The van der Waals surface area contributed by atoms with Gasteiger partial charge in [0.2, 0.25) is 0 Å². The fraction of sp³-hybridized carbons (Fsp3) is 0.240. The Kier molecular flexibility index (Phi) is 6.62. The van der Waals surface area contributed by atoms with Crippen LogP contribution in [0.2, 0.25) is 0 Å². The summed E-state index contributed by atoms with van der Waals surface area (Å²) in [4.78, 5) is 11.5. The van der Waals surface area contributed by atoms with Crippen molar-refractivity contribution >= 4 is 5.97 Å². The normalized spacial score (nSPS) is 12.8. The van der Waals surface area contributed by atoms with E-state index >= 15 is 0 Å². The lowest BCUT2D eigenvalue weighted by Crippen LogP contribution is -2.08. The lowest BCUT2D eigenvalue weighted by Gasteiger charge is -2.23. The van der Waals surface area contributed by atoms with Gasteiger partial charge in [0.1, 0.15) is 22.8 Å². The molecular formula is C25H26O5. The Labute approximate surface area is 176 Å². The van der Waals surface area contributed by atoms with E-state index in [1.807, 2.05) is 48.5 Å². The van der Waals surface area contributed by atoms with Gasteiger partial charge in [-0.3, -0.25) is 0 Å². The summed E-state index contributed by atoms with van der Waals surface area (Å²) in [6.07, 6.45) is 0.766. The van der Waals surface area contributed by atoms with Crippen molar-refractivity contribution in [2.45, 2.75) is 25.2 Å². The fourth-order valence-electron chi connectivity index (χ4n) is 3.66. The fourth-order valence-corrected chi connectivity index (χ4v) is 3.66.